The van der Waals surface area contributed by atoms with Crippen molar-refractivity contribution in [2.45, 2.75) is 26.3 Å². The quantitative estimate of drug-likeness (QED) is 0.794. The van der Waals surface area contributed by atoms with E-state index in [9.17, 15) is 4.79 Å². The van der Waals surface area contributed by atoms with Crippen LogP contribution in [0.5, 0.6) is 0 Å². The van der Waals surface area contributed by atoms with Crippen molar-refractivity contribution in [2.75, 3.05) is 11.9 Å². The van der Waals surface area contributed by atoms with Gasteiger partial charge in [0.25, 0.3) is 0 Å². The summed E-state index contributed by atoms with van der Waals surface area (Å²) in [5, 5.41) is 9.81. The van der Waals surface area contributed by atoms with Crippen LogP contribution in [0, 0.1) is 0 Å². The Labute approximate surface area is 119 Å². The molecule has 0 unspecified atom stereocenters. The van der Waals surface area contributed by atoms with Crippen molar-refractivity contribution in [3.8, 4) is 0 Å². The maximum absolute atomic E-state index is 11.6. The smallest absolute Gasteiger partial charge is 0.319 e. The highest BCUT2D eigenvalue weighted by molar-refractivity contribution is 5.88. The molecule has 0 fully saturated rings. The Kier molecular flexibility index (Phi) is 5.17. The maximum Gasteiger partial charge on any atom is 0.319 e. The summed E-state index contributed by atoms with van der Waals surface area (Å²) in [6.45, 7) is 3.48. The van der Waals surface area contributed by atoms with E-state index in [-0.39, 0.29) is 6.03 Å². The third kappa shape index (κ3) is 4.42. The topological polar surface area (TPSA) is 59.0 Å². The van der Waals surface area contributed by atoms with Crippen LogP contribution >= 0.6 is 0 Å². The Morgan fingerprint density at radius 1 is 1.30 bits per heavy atom. The van der Waals surface area contributed by atoms with Gasteiger partial charge in [0.2, 0.25) is 0 Å². The molecule has 2 aromatic rings. The number of amides is 2. The SMILES string of the molecule is CCCCNC(=O)Nc1cnn(Cc2ccccc2)c1. The van der Waals surface area contributed by atoms with E-state index in [1.165, 1.54) is 5.56 Å². The summed E-state index contributed by atoms with van der Waals surface area (Å²) in [6.07, 6.45) is 5.53. The number of benzene rings is 1. The van der Waals surface area contributed by atoms with Gasteiger partial charge in [-0.05, 0) is 12.0 Å². The van der Waals surface area contributed by atoms with E-state index in [0.29, 0.717) is 18.8 Å². The van der Waals surface area contributed by atoms with Crippen molar-refractivity contribution in [3.05, 3.63) is 48.3 Å². The van der Waals surface area contributed by atoms with Crippen LogP contribution in [0.3, 0.4) is 0 Å². The van der Waals surface area contributed by atoms with Crippen LogP contribution in [-0.4, -0.2) is 22.4 Å². The largest absolute Gasteiger partial charge is 0.338 e. The normalized spacial score (nSPS) is 10.2. The first-order valence-corrected chi connectivity index (χ1v) is 6.89. The number of unbranched alkanes of at least 4 members (excludes halogenated alkanes) is 1. The minimum absolute atomic E-state index is 0.183. The lowest BCUT2D eigenvalue weighted by Gasteiger charge is -2.04. The zero-order chi connectivity index (χ0) is 14.2. The van der Waals surface area contributed by atoms with Gasteiger partial charge in [-0.3, -0.25) is 4.68 Å². The van der Waals surface area contributed by atoms with Crippen LogP contribution in [0.25, 0.3) is 0 Å². The predicted octanol–water partition coefficient (Wildman–Crippen LogP) is 2.85. The number of hydrogen-bond donors (Lipinski definition) is 2. The van der Waals surface area contributed by atoms with Gasteiger partial charge in [-0.15, -0.1) is 0 Å². The number of nitrogens with one attached hydrogen (secondary N) is 2. The lowest BCUT2D eigenvalue weighted by molar-refractivity contribution is 0.252. The van der Waals surface area contributed by atoms with Crippen molar-refractivity contribution in [1.82, 2.24) is 15.1 Å². The highest BCUT2D eigenvalue weighted by Gasteiger charge is 2.03. The van der Waals surface area contributed by atoms with Gasteiger partial charge in [-0.25, -0.2) is 4.79 Å². The van der Waals surface area contributed by atoms with Gasteiger partial charge >= 0.3 is 6.03 Å². The molecule has 0 aliphatic carbocycles. The zero-order valence-electron chi connectivity index (χ0n) is 11.7. The summed E-state index contributed by atoms with van der Waals surface area (Å²) in [5.74, 6) is 0. The molecule has 0 atom stereocenters. The Morgan fingerprint density at radius 2 is 2.10 bits per heavy atom. The Hall–Kier alpha value is -2.30. The summed E-state index contributed by atoms with van der Waals surface area (Å²) in [5.41, 5.74) is 1.88. The summed E-state index contributed by atoms with van der Waals surface area (Å²) in [6, 6.07) is 9.90. The number of nitrogens with zero attached hydrogens (tertiary/aromatic N) is 2. The van der Waals surface area contributed by atoms with Crippen LogP contribution in [0.4, 0.5) is 10.5 Å². The van der Waals surface area contributed by atoms with E-state index in [1.807, 2.05) is 36.5 Å². The molecule has 1 aromatic carbocycles. The monoisotopic (exact) mass is 272 g/mol. The fourth-order valence-corrected chi connectivity index (χ4v) is 1.84. The summed E-state index contributed by atoms with van der Waals surface area (Å²) in [4.78, 5) is 11.6. The van der Waals surface area contributed by atoms with E-state index in [2.05, 4.69) is 22.7 Å². The van der Waals surface area contributed by atoms with Crippen molar-refractivity contribution in [1.29, 1.82) is 0 Å². The molecule has 2 amide bonds. The molecule has 0 bridgehead atoms. The molecule has 2 N–H and O–H groups in total. The number of anilines is 1. The first kappa shape index (κ1) is 14.1. The number of urea groups is 1. The average molecular weight is 272 g/mol. The van der Waals surface area contributed by atoms with E-state index >= 15 is 0 Å². The molecular formula is C15H20N4O. The molecule has 0 aliphatic rings. The second-order valence-electron chi connectivity index (χ2n) is 4.65. The molecule has 20 heavy (non-hydrogen) atoms. The summed E-state index contributed by atoms with van der Waals surface area (Å²) >= 11 is 0. The zero-order valence-corrected chi connectivity index (χ0v) is 11.7. The molecule has 0 saturated carbocycles. The van der Waals surface area contributed by atoms with Crippen LogP contribution in [-0.2, 0) is 6.54 Å². The lowest BCUT2D eigenvalue weighted by Crippen LogP contribution is -2.29. The predicted molar refractivity (Wildman–Crippen MR) is 79.7 cm³/mol. The number of carbonyl (C=O) groups excluding carboxylic acids is 1. The number of aromatic nitrogens is 2. The van der Waals surface area contributed by atoms with Gasteiger partial charge in [-0.1, -0.05) is 43.7 Å². The minimum atomic E-state index is -0.183. The third-order valence-electron chi connectivity index (χ3n) is 2.89. The fourth-order valence-electron chi connectivity index (χ4n) is 1.84. The van der Waals surface area contributed by atoms with Crippen molar-refractivity contribution in [3.63, 3.8) is 0 Å². The van der Waals surface area contributed by atoms with E-state index in [1.54, 1.807) is 10.9 Å². The van der Waals surface area contributed by atoms with Crippen LogP contribution in [0.1, 0.15) is 25.3 Å². The van der Waals surface area contributed by atoms with E-state index in [0.717, 1.165) is 12.8 Å². The number of hydrogen-bond acceptors (Lipinski definition) is 2. The first-order valence-electron chi connectivity index (χ1n) is 6.89. The summed E-state index contributed by atoms with van der Waals surface area (Å²) in [7, 11) is 0. The molecule has 0 aliphatic heterocycles. The molecule has 0 saturated heterocycles. The molecule has 1 aromatic heterocycles. The maximum atomic E-state index is 11.6. The van der Waals surface area contributed by atoms with Gasteiger partial charge in [0, 0.05) is 12.7 Å². The summed E-state index contributed by atoms with van der Waals surface area (Å²) < 4.78 is 1.80. The second-order valence-corrected chi connectivity index (χ2v) is 4.65. The van der Waals surface area contributed by atoms with E-state index in [4.69, 9.17) is 0 Å². The average Bonchev–Trinajstić information content (AvgIpc) is 2.87. The Bertz CT molecular complexity index is 536. The molecule has 0 radical (unpaired) electrons. The molecule has 0 spiro atoms. The molecule has 2 rings (SSSR count). The van der Waals surface area contributed by atoms with Gasteiger partial charge in [-0.2, -0.15) is 5.10 Å². The van der Waals surface area contributed by atoms with Gasteiger partial charge in [0.05, 0.1) is 18.4 Å². The molecule has 5 nitrogen and oxygen atoms in total. The van der Waals surface area contributed by atoms with Crippen LogP contribution < -0.4 is 10.6 Å². The highest BCUT2D eigenvalue weighted by Crippen LogP contribution is 2.07. The van der Waals surface area contributed by atoms with Gasteiger partial charge in [0.15, 0.2) is 0 Å². The minimum Gasteiger partial charge on any atom is -0.338 e. The molecular weight excluding hydrogens is 252 g/mol. The molecule has 5 heteroatoms. The Morgan fingerprint density at radius 3 is 2.85 bits per heavy atom. The molecule has 1 heterocycles. The van der Waals surface area contributed by atoms with Gasteiger partial charge < -0.3 is 10.6 Å². The van der Waals surface area contributed by atoms with Gasteiger partial charge in [0.1, 0.15) is 0 Å². The second kappa shape index (κ2) is 7.33. The first-order chi connectivity index (χ1) is 9.78. The molecule has 106 valence electrons. The number of carbonyl (C=O) groups is 1. The van der Waals surface area contributed by atoms with Crippen LogP contribution in [0.2, 0.25) is 0 Å². The fraction of sp³-hybridized carbons (Fsp3) is 0.333. The van der Waals surface area contributed by atoms with E-state index < -0.39 is 0 Å². The Balaban J connectivity index is 1.84. The highest BCUT2D eigenvalue weighted by atomic mass is 16.2. The van der Waals surface area contributed by atoms with Crippen molar-refractivity contribution < 1.29 is 4.79 Å². The van der Waals surface area contributed by atoms with Crippen molar-refractivity contribution >= 4 is 11.7 Å². The van der Waals surface area contributed by atoms with Crippen molar-refractivity contribution in [2.24, 2.45) is 0 Å². The third-order valence-corrected chi connectivity index (χ3v) is 2.89. The lowest BCUT2D eigenvalue weighted by atomic mass is 10.2. The van der Waals surface area contributed by atoms with Crippen LogP contribution in [0.15, 0.2) is 42.7 Å². The number of rotatable bonds is 6. The standard InChI is InChI=1S/C15H20N4O/c1-2-3-9-16-15(20)18-14-10-17-19(12-14)11-13-7-5-4-6-8-13/h4-8,10,12H,2-3,9,11H2,1H3,(H2,16,18,20).